The minimum Gasteiger partial charge on any atom is -0.399 e. The van der Waals surface area contributed by atoms with Crippen molar-refractivity contribution in [3.63, 3.8) is 0 Å². The van der Waals surface area contributed by atoms with Gasteiger partial charge in [-0.2, -0.15) is 4.98 Å². The van der Waals surface area contributed by atoms with Crippen LogP contribution in [0.25, 0.3) is 0 Å². The van der Waals surface area contributed by atoms with E-state index in [0.29, 0.717) is 30.9 Å². The molecular weight excluding hydrogens is 232 g/mol. The van der Waals surface area contributed by atoms with Gasteiger partial charge in [-0.3, -0.25) is 4.79 Å². The number of hydrogen-bond donors (Lipinski definition) is 2. The van der Waals surface area contributed by atoms with E-state index in [1.807, 2.05) is 12.1 Å². The van der Waals surface area contributed by atoms with Crippen LogP contribution >= 0.6 is 0 Å². The Balaban J connectivity index is 1.73. The number of carbonyl (C=O) groups excluding carboxylic acids is 1. The van der Waals surface area contributed by atoms with E-state index in [9.17, 15) is 4.79 Å². The van der Waals surface area contributed by atoms with E-state index < -0.39 is 0 Å². The molecule has 6 nitrogen and oxygen atoms in total. The van der Waals surface area contributed by atoms with Crippen molar-refractivity contribution >= 4 is 11.6 Å². The summed E-state index contributed by atoms with van der Waals surface area (Å²) >= 11 is 0. The van der Waals surface area contributed by atoms with Crippen LogP contribution < -0.4 is 11.1 Å². The van der Waals surface area contributed by atoms with E-state index in [2.05, 4.69) is 20.0 Å². The lowest BCUT2D eigenvalue weighted by Gasteiger charge is -2.04. The van der Waals surface area contributed by atoms with Crippen molar-refractivity contribution < 1.29 is 9.32 Å². The zero-order valence-corrected chi connectivity index (χ0v) is 9.80. The third-order valence-corrected chi connectivity index (χ3v) is 2.42. The molecule has 0 radical (unpaired) electrons. The van der Waals surface area contributed by atoms with Crippen molar-refractivity contribution in [3.8, 4) is 0 Å². The van der Waals surface area contributed by atoms with Gasteiger partial charge in [-0.05, 0) is 17.7 Å². The maximum Gasteiger partial charge on any atom is 0.224 e. The van der Waals surface area contributed by atoms with Crippen molar-refractivity contribution in [3.05, 3.63) is 42.0 Å². The van der Waals surface area contributed by atoms with Gasteiger partial charge in [-0.25, -0.2) is 0 Å². The molecule has 0 saturated heterocycles. The molecular formula is C12H14N4O2. The number of nitrogens with one attached hydrogen (secondary N) is 1. The first kappa shape index (κ1) is 12.1. The molecule has 94 valence electrons. The highest BCUT2D eigenvalue weighted by Crippen LogP contribution is 2.05. The summed E-state index contributed by atoms with van der Waals surface area (Å²) in [5.41, 5.74) is 7.19. The van der Waals surface area contributed by atoms with E-state index in [4.69, 9.17) is 5.73 Å². The van der Waals surface area contributed by atoms with Crippen molar-refractivity contribution in [2.75, 3.05) is 12.3 Å². The van der Waals surface area contributed by atoms with Crippen LogP contribution in [-0.4, -0.2) is 22.6 Å². The third-order valence-electron chi connectivity index (χ3n) is 2.42. The Morgan fingerprint density at radius 3 is 2.78 bits per heavy atom. The Morgan fingerprint density at radius 1 is 1.33 bits per heavy atom. The van der Waals surface area contributed by atoms with Gasteiger partial charge in [0.05, 0.1) is 6.42 Å². The highest BCUT2D eigenvalue weighted by molar-refractivity contribution is 5.78. The van der Waals surface area contributed by atoms with Gasteiger partial charge < -0.3 is 15.6 Å². The zero-order chi connectivity index (χ0) is 12.8. The SMILES string of the molecule is Nc1ccc(CC(=O)NCCc2ncon2)cc1. The fourth-order valence-electron chi connectivity index (χ4n) is 1.50. The summed E-state index contributed by atoms with van der Waals surface area (Å²) in [6, 6.07) is 7.24. The van der Waals surface area contributed by atoms with Gasteiger partial charge in [0.1, 0.15) is 0 Å². The first-order chi connectivity index (χ1) is 8.74. The molecule has 0 atom stereocenters. The number of anilines is 1. The number of nitrogen functional groups attached to an aromatic ring is 1. The highest BCUT2D eigenvalue weighted by Gasteiger charge is 2.04. The van der Waals surface area contributed by atoms with Crippen LogP contribution in [-0.2, 0) is 17.6 Å². The van der Waals surface area contributed by atoms with Gasteiger partial charge in [-0.1, -0.05) is 17.3 Å². The maximum atomic E-state index is 11.6. The van der Waals surface area contributed by atoms with Gasteiger partial charge in [0.15, 0.2) is 5.82 Å². The summed E-state index contributed by atoms with van der Waals surface area (Å²) in [6.07, 6.45) is 2.17. The first-order valence-electron chi connectivity index (χ1n) is 5.60. The van der Waals surface area contributed by atoms with E-state index in [1.54, 1.807) is 12.1 Å². The number of rotatable bonds is 5. The van der Waals surface area contributed by atoms with Crippen molar-refractivity contribution in [2.24, 2.45) is 0 Å². The molecule has 0 fully saturated rings. The average molecular weight is 246 g/mol. The zero-order valence-electron chi connectivity index (χ0n) is 9.80. The molecule has 1 heterocycles. The van der Waals surface area contributed by atoms with Crippen LogP contribution in [0.1, 0.15) is 11.4 Å². The molecule has 18 heavy (non-hydrogen) atoms. The predicted molar refractivity (Wildman–Crippen MR) is 65.6 cm³/mol. The highest BCUT2D eigenvalue weighted by atomic mass is 16.5. The molecule has 0 saturated carbocycles. The second-order valence-corrected chi connectivity index (χ2v) is 3.87. The summed E-state index contributed by atoms with van der Waals surface area (Å²) in [4.78, 5) is 15.5. The summed E-state index contributed by atoms with van der Waals surface area (Å²) in [6.45, 7) is 0.493. The summed E-state index contributed by atoms with van der Waals surface area (Å²) in [5.74, 6) is 0.547. The van der Waals surface area contributed by atoms with Crippen LogP contribution in [0.2, 0.25) is 0 Å². The number of amides is 1. The fourth-order valence-corrected chi connectivity index (χ4v) is 1.50. The lowest BCUT2D eigenvalue weighted by Crippen LogP contribution is -2.27. The molecule has 3 N–H and O–H groups in total. The Bertz CT molecular complexity index is 493. The fraction of sp³-hybridized carbons (Fsp3) is 0.250. The minimum absolute atomic E-state index is 0.0386. The van der Waals surface area contributed by atoms with Crippen molar-refractivity contribution in [1.29, 1.82) is 0 Å². The molecule has 2 aromatic rings. The molecule has 6 heteroatoms. The second kappa shape index (κ2) is 5.81. The van der Waals surface area contributed by atoms with E-state index in [-0.39, 0.29) is 5.91 Å². The quantitative estimate of drug-likeness (QED) is 0.751. The van der Waals surface area contributed by atoms with Crippen LogP contribution in [0.15, 0.2) is 35.2 Å². The molecule has 1 aromatic carbocycles. The standard InChI is InChI=1S/C12H14N4O2/c13-10-3-1-9(2-4-10)7-12(17)14-6-5-11-15-8-18-16-11/h1-4,8H,5-7,13H2,(H,14,17). The normalized spacial score (nSPS) is 10.2. The lowest BCUT2D eigenvalue weighted by atomic mass is 10.1. The molecule has 2 rings (SSSR count). The van der Waals surface area contributed by atoms with Crippen LogP contribution in [0, 0.1) is 0 Å². The average Bonchev–Trinajstić information content (AvgIpc) is 2.85. The summed E-state index contributed by atoms with van der Waals surface area (Å²) in [5, 5.41) is 6.45. The minimum atomic E-state index is -0.0386. The van der Waals surface area contributed by atoms with E-state index >= 15 is 0 Å². The summed E-state index contributed by atoms with van der Waals surface area (Å²) in [7, 11) is 0. The monoisotopic (exact) mass is 246 g/mol. The van der Waals surface area contributed by atoms with Gasteiger partial charge in [-0.15, -0.1) is 0 Å². The number of hydrogen-bond acceptors (Lipinski definition) is 5. The molecule has 0 aliphatic carbocycles. The molecule has 0 unspecified atom stereocenters. The Labute approximate surface area is 104 Å². The largest absolute Gasteiger partial charge is 0.399 e. The number of nitrogens with zero attached hydrogens (tertiary/aromatic N) is 2. The van der Waals surface area contributed by atoms with Crippen LogP contribution in [0.3, 0.4) is 0 Å². The molecule has 0 aliphatic heterocycles. The van der Waals surface area contributed by atoms with Gasteiger partial charge >= 0.3 is 0 Å². The predicted octanol–water partition coefficient (Wildman–Crippen LogP) is 0.553. The van der Waals surface area contributed by atoms with Gasteiger partial charge in [0.25, 0.3) is 0 Å². The van der Waals surface area contributed by atoms with E-state index in [1.165, 1.54) is 6.39 Å². The molecule has 1 aromatic heterocycles. The van der Waals surface area contributed by atoms with Crippen LogP contribution in [0.5, 0.6) is 0 Å². The lowest BCUT2D eigenvalue weighted by molar-refractivity contribution is -0.120. The second-order valence-electron chi connectivity index (χ2n) is 3.87. The van der Waals surface area contributed by atoms with Crippen LogP contribution in [0.4, 0.5) is 5.69 Å². The number of benzene rings is 1. The number of nitrogens with two attached hydrogens (primary N) is 1. The number of carbonyl (C=O) groups is 1. The number of aromatic nitrogens is 2. The molecule has 0 aliphatic rings. The van der Waals surface area contributed by atoms with Crippen molar-refractivity contribution in [2.45, 2.75) is 12.8 Å². The topological polar surface area (TPSA) is 94.0 Å². The third kappa shape index (κ3) is 3.58. The van der Waals surface area contributed by atoms with E-state index in [0.717, 1.165) is 5.56 Å². The Kier molecular flexibility index (Phi) is 3.90. The van der Waals surface area contributed by atoms with Gasteiger partial charge in [0, 0.05) is 18.7 Å². The molecule has 0 spiro atoms. The van der Waals surface area contributed by atoms with Gasteiger partial charge in [0.2, 0.25) is 12.3 Å². The Hall–Kier alpha value is -2.37. The molecule has 1 amide bonds. The molecule has 0 bridgehead atoms. The first-order valence-corrected chi connectivity index (χ1v) is 5.60. The Morgan fingerprint density at radius 2 is 2.11 bits per heavy atom. The van der Waals surface area contributed by atoms with Crippen molar-refractivity contribution in [1.82, 2.24) is 15.5 Å². The maximum absolute atomic E-state index is 11.6. The summed E-state index contributed by atoms with van der Waals surface area (Å²) < 4.78 is 4.59. The smallest absolute Gasteiger partial charge is 0.224 e.